The van der Waals surface area contributed by atoms with E-state index in [9.17, 15) is 14.7 Å². The number of hydrogen-bond acceptors (Lipinski definition) is 8. The lowest BCUT2D eigenvalue weighted by Crippen LogP contribution is -2.35. The number of halogens is 1. The van der Waals surface area contributed by atoms with Crippen LogP contribution in [-0.4, -0.2) is 66.7 Å². The van der Waals surface area contributed by atoms with Crippen LogP contribution in [0.2, 0.25) is 0 Å². The molecule has 1 aliphatic heterocycles. The van der Waals surface area contributed by atoms with Crippen molar-refractivity contribution in [3.63, 3.8) is 0 Å². The topological polar surface area (TPSA) is 122 Å². The third-order valence-electron chi connectivity index (χ3n) is 5.86. The summed E-state index contributed by atoms with van der Waals surface area (Å²) in [5.74, 6) is -1.70. The van der Waals surface area contributed by atoms with Crippen LogP contribution in [0.3, 0.4) is 0 Å². The second-order valence-electron chi connectivity index (χ2n) is 10.3. The molecule has 0 unspecified atom stereocenters. The van der Waals surface area contributed by atoms with Crippen LogP contribution in [-0.2, 0) is 9.53 Å². The van der Waals surface area contributed by atoms with Crippen LogP contribution in [0, 0.1) is 5.82 Å². The summed E-state index contributed by atoms with van der Waals surface area (Å²) in [6.07, 6.45) is 2.05. The number of ether oxygens (including phenoxy) is 3. The standard InChI is InChI=1S/C28H37FN4O6/c1-6-37-21-15-22(24(29)23(16-21)38-20-11-13-33(5)14-12-20)25(26(34)35)31-19-9-7-18(8-10-19)17-30-32-27(36)39-28(2,3)4/h7-10,15-17,20,25,31H,6,11-14H2,1-5H3,(H,32,36)(H,34,35)/t25-/m0/s1. The Morgan fingerprint density at radius 3 is 2.46 bits per heavy atom. The molecule has 212 valence electrons. The Bertz CT molecular complexity index is 1160. The number of nitrogens with zero attached hydrogens (tertiary/aromatic N) is 2. The van der Waals surface area contributed by atoms with Gasteiger partial charge in [0.2, 0.25) is 0 Å². The third kappa shape index (κ3) is 9.13. The van der Waals surface area contributed by atoms with Crippen molar-refractivity contribution in [2.24, 2.45) is 5.10 Å². The molecule has 0 bridgehead atoms. The van der Waals surface area contributed by atoms with Gasteiger partial charge in [0.05, 0.1) is 12.8 Å². The van der Waals surface area contributed by atoms with Gasteiger partial charge in [0.25, 0.3) is 0 Å². The first kappa shape index (κ1) is 29.7. The van der Waals surface area contributed by atoms with Crippen molar-refractivity contribution in [3.8, 4) is 11.5 Å². The lowest BCUT2D eigenvalue weighted by Gasteiger charge is -2.30. The molecule has 0 spiro atoms. The molecule has 3 N–H and O–H groups in total. The molecule has 0 aromatic heterocycles. The minimum atomic E-state index is -1.40. The van der Waals surface area contributed by atoms with Gasteiger partial charge in [-0.3, -0.25) is 0 Å². The van der Waals surface area contributed by atoms with Crippen molar-refractivity contribution in [1.29, 1.82) is 0 Å². The molecule has 11 heteroatoms. The number of aliphatic carboxylic acids is 1. The number of hydrazone groups is 1. The van der Waals surface area contributed by atoms with Crippen LogP contribution in [0.4, 0.5) is 14.9 Å². The number of hydrogen-bond donors (Lipinski definition) is 3. The fraction of sp³-hybridized carbons (Fsp3) is 0.464. The SMILES string of the molecule is CCOc1cc(OC2CCN(C)CC2)c(F)c([C@H](Nc2ccc(C=NNC(=O)OC(C)(C)C)cc2)C(=O)O)c1. The first-order valence-electron chi connectivity index (χ1n) is 12.9. The molecular formula is C28H37FN4O6. The predicted octanol–water partition coefficient (Wildman–Crippen LogP) is 4.79. The summed E-state index contributed by atoms with van der Waals surface area (Å²) in [5.41, 5.74) is 2.62. The Kier molecular flexibility index (Phi) is 10.1. The van der Waals surface area contributed by atoms with Crippen LogP contribution < -0.4 is 20.2 Å². The number of carbonyl (C=O) groups is 2. The Morgan fingerprint density at radius 1 is 1.21 bits per heavy atom. The van der Waals surface area contributed by atoms with Gasteiger partial charge in [-0.15, -0.1) is 0 Å². The van der Waals surface area contributed by atoms with Crippen molar-refractivity contribution < 1.29 is 33.3 Å². The number of benzene rings is 2. The Labute approximate surface area is 228 Å². The van der Waals surface area contributed by atoms with Crippen molar-refractivity contribution in [1.82, 2.24) is 10.3 Å². The van der Waals surface area contributed by atoms with Crippen LogP contribution in [0.15, 0.2) is 41.5 Å². The smallest absolute Gasteiger partial charge is 0.428 e. The number of piperidine rings is 1. The molecule has 3 rings (SSSR count). The van der Waals surface area contributed by atoms with Crippen LogP contribution >= 0.6 is 0 Å². The Hall–Kier alpha value is -3.86. The minimum Gasteiger partial charge on any atom is -0.494 e. The highest BCUT2D eigenvalue weighted by atomic mass is 19.1. The van der Waals surface area contributed by atoms with Gasteiger partial charge in [-0.25, -0.2) is 19.4 Å². The highest BCUT2D eigenvalue weighted by Crippen LogP contribution is 2.34. The first-order chi connectivity index (χ1) is 18.4. The van der Waals surface area contributed by atoms with E-state index in [1.807, 2.05) is 7.05 Å². The third-order valence-corrected chi connectivity index (χ3v) is 5.86. The zero-order valence-electron chi connectivity index (χ0n) is 23.0. The number of anilines is 1. The van der Waals surface area contributed by atoms with Crippen molar-refractivity contribution in [2.45, 2.75) is 58.3 Å². The zero-order chi connectivity index (χ0) is 28.6. The number of likely N-dealkylation sites (tertiary alicyclic amines) is 1. The summed E-state index contributed by atoms with van der Waals surface area (Å²) in [4.78, 5) is 26.1. The monoisotopic (exact) mass is 544 g/mol. The molecule has 1 amide bonds. The summed E-state index contributed by atoms with van der Waals surface area (Å²) < 4.78 is 32.3. The zero-order valence-corrected chi connectivity index (χ0v) is 23.0. The van der Waals surface area contributed by atoms with Crippen molar-refractivity contribution >= 4 is 24.0 Å². The maximum Gasteiger partial charge on any atom is 0.428 e. The molecule has 1 fully saturated rings. The van der Waals surface area contributed by atoms with Crippen LogP contribution in [0.5, 0.6) is 11.5 Å². The molecule has 1 aliphatic rings. The average molecular weight is 545 g/mol. The van der Waals surface area contributed by atoms with E-state index in [2.05, 4.69) is 20.7 Å². The van der Waals surface area contributed by atoms with Gasteiger partial charge in [-0.1, -0.05) is 12.1 Å². The summed E-state index contributed by atoms with van der Waals surface area (Å²) in [5, 5.41) is 16.7. The van der Waals surface area contributed by atoms with E-state index in [1.54, 1.807) is 52.0 Å². The lowest BCUT2D eigenvalue weighted by atomic mass is 10.0. The van der Waals surface area contributed by atoms with Gasteiger partial charge in [-0.05, 0) is 71.3 Å². The maximum absolute atomic E-state index is 15.7. The van der Waals surface area contributed by atoms with E-state index >= 15 is 4.39 Å². The molecule has 2 aromatic carbocycles. The summed E-state index contributed by atoms with van der Waals surface area (Å²) in [6, 6.07) is 8.05. The lowest BCUT2D eigenvalue weighted by molar-refractivity contribution is -0.138. The Morgan fingerprint density at radius 2 is 1.87 bits per heavy atom. The largest absolute Gasteiger partial charge is 0.494 e. The highest BCUT2D eigenvalue weighted by molar-refractivity contribution is 5.83. The minimum absolute atomic E-state index is 0.0254. The molecule has 1 atom stereocenters. The van der Waals surface area contributed by atoms with E-state index in [0.29, 0.717) is 23.6 Å². The molecule has 0 radical (unpaired) electrons. The number of carboxylic acid groups (broad SMARTS) is 1. The number of carbonyl (C=O) groups excluding carboxylic acids is 1. The first-order valence-corrected chi connectivity index (χ1v) is 12.9. The molecule has 39 heavy (non-hydrogen) atoms. The average Bonchev–Trinajstić information content (AvgIpc) is 2.86. The van der Waals surface area contributed by atoms with Gasteiger partial charge in [0, 0.05) is 30.4 Å². The number of nitrogens with one attached hydrogen (secondary N) is 2. The molecule has 1 saturated heterocycles. The normalized spacial score (nSPS) is 15.5. The summed E-state index contributed by atoms with van der Waals surface area (Å²) in [6.45, 7) is 9.03. The van der Waals surface area contributed by atoms with Crippen LogP contribution in [0.1, 0.15) is 57.7 Å². The number of amides is 1. The fourth-order valence-corrected chi connectivity index (χ4v) is 3.99. The molecule has 10 nitrogen and oxygen atoms in total. The molecule has 0 saturated carbocycles. The summed E-state index contributed by atoms with van der Waals surface area (Å²) >= 11 is 0. The summed E-state index contributed by atoms with van der Waals surface area (Å²) in [7, 11) is 2.02. The second-order valence-corrected chi connectivity index (χ2v) is 10.3. The Balaban J connectivity index is 1.76. The van der Waals surface area contributed by atoms with E-state index < -0.39 is 29.5 Å². The number of carboxylic acids is 1. The van der Waals surface area contributed by atoms with Gasteiger partial charge < -0.3 is 29.5 Å². The van der Waals surface area contributed by atoms with Gasteiger partial charge >= 0.3 is 12.1 Å². The van der Waals surface area contributed by atoms with E-state index in [-0.39, 0.29) is 17.4 Å². The van der Waals surface area contributed by atoms with Crippen molar-refractivity contribution in [3.05, 3.63) is 53.3 Å². The van der Waals surface area contributed by atoms with E-state index in [0.717, 1.165) is 25.9 Å². The second kappa shape index (κ2) is 13.3. The van der Waals surface area contributed by atoms with Crippen LogP contribution in [0.25, 0.3) is 0 Å². The van der Waals surface area contributed by atoms with Gasteiger partial charge in [0.15, 0.2) is 17.6 Å². The quantitative estimate of drug-likeness (QED) is 0.288. The van der Waals surface area contributed by atoms with Crippen molar-refractivity contribution in [2.75, 3.05) is 32.1 Å². The van der Waals surface area contributed by atoms with Gasteiger partial charge in [-0.2, -0.15) is 5.10 Å². The fourth-order valence-electron chi connectivity index (χ4n) is 3.99. The highest BCUT2D eigenvalue weighted by Gasteiger charge is 2.28. The van der Waals surface area contributed by atoms with E-state index in [4.69, 9.17) is 14.2 Å². The molecule has 1 heterocycles. The molecule has 2 aromatic rings. The van der Waals surface area contributed by atoms with E-state index in [1.165, 1.54) is 18.3 Å². The molecule has 0 aliphatic carbocycles. The molecular weight excluding hydrogens is 507 g/mol. The number of rotatable bonds is 10. The van der Waals surface area contributed by atoms with Gasteiger partial charge in [0.1, 0.15) is 17.5 Å². The maximum atomic E-state index is 15.7. The predicted molar refractivity (Wildman–Crippen MR) is 146 cm³/mol.